The van der Waals surface area contributed by atoms with E-state index in [1.165, 1.54) is 12.8 Å². The lowest BCUT2D eigenvalue weighted by Crippen LogP contribution is -2.26. The van der Waals surface area contributed by atoms with Crippen LogP contribution in [-0.4, -0.2) is 17.8 Å². The Hall–Kier alpha value is -0.860. The zero-order valence-electron chi connectivity index (χ0n) is 8.97. The third kappa shape index (κ3) is 2.80. The predicted octanol–water partition coefficient (Wildman–Crippen LogP) is 1.89. The quantitative estimate of drug-likeness (QED) is 0.771. The Morgan fingerprint density at radius 2 is 1.93 bits per heavy atom. The summed E-state index contributed by atoms with van der Waals surface area (Å²) >= 11 is 0. The van der Waals surface area contributed by atoms with Crippen molar-refractivity contribution >= 4 is 0 Å². The first-order valence-electron chi connectivity index (χ1n) is 5.74. The first kappa shape index (κ1) is 10.7. The molecule has 0 aromatic heterocycles. The molecule has 0 bridgehead atoms. The minimum atomic E-state index is -0.273. The molecule has 1 fully saturated rings. The highest BCUT2D eigenvalue weighted by molar-refractivity contribution is 5.21. The summed E-state index contributed by atoms with van der Waals surface area (Å²) < 4.78 is 0. The van der Waals surface area contributed by atoms with E-state index in [-0.39, 0.29) is 12.0 Å². The number of aliphatic hydroxyl groups excluding tert-OH is 1. The second kappa shape index (κ2) is 4.77. The molecule has 1 saturated carbocycles. The van der Waals surface area contributed by atoms with Gasteiger partial charge in [-0.2, -0.15) is 0 Å². The summed E-state index contributed by atoms with van der Waals surface area (Å²) in [7, 11) is 0. The van der Waals surface area contributed by atoms with Crippen molar-refractivity contribution in [2.45, 2.75) is 31.3 Å². The van der Waals surface area contributed by atoms with Crippen LogP contribution in [0.5, 0.6) is 0 Å². The van der Waals surface area contributed by atoms with E-state index in [9.17, 15) is 5.11 Å². The molecule has 2 rings (SSSR count). The number of benzene rings is 1. The van der Waals surface area contributed by atoms with Crippen LogP contribution in [0.3, 0.4) is 0 Å². The molecule has 3 N–H and O–H groups in total. The van der Waals surface area contributed by atoms with Gasteiger partial charge >= 0.3 is 0 Å². The van der Waals surface area contributed by atoms with Gasteiger partial charge in [0.25, 0.3) is 0 Å². The molecule has 0 saturated heterocycles. The van der Waals surface area contributed by atoms with E-state index in [4.69, 9.17) is 5.73 Å². The summed E-state index contributed by atoms with van der Waals surface area (Å²) in [5.74, 6) is 0.851. The molecule has 0 radical (unpaired) electrons. The molecule has 1 aromatic rings. The highest BCUT2D eigenvalue weighted by Crippen LogP contribution is 2.36. The topological polar surface area (TPSA) is 46.2 Å². The summed E-state index contributed by atoms with van der Waals surface area (Å²) in [5.41, 5.74) is 6.90. The summed E-state index contributed by atoms with van der Waals surface area (Å²) in [6.07, 6.45) is 3.20. The van der Waals surface area contributed by atoms with E-state index in [0.29, 0.717) is 6.54 Å². The maximum atomic E-state index is 10.1. The van der Waals surface area contributed by atoms with Crippen LogP contribution in [0.2, 0.25) is 0 Å². The zero-order chi connectivity index (χ0) is 10.7. The minimum Gasteiger partial charge on any atom is -0.392 e. The lowest BCUT2D eigenvalue weighted by Gasteiger charge is -2.21. The van der Waals surface area contributed by atoms with Crippen LogP contribution in [0.25, 0.3) is 0 Å². The Balaban J connectivity index is 2.01. The summed E-state index contributed by atoms with van der Waals surface area (Å²) in [6.45, 7) is 0.526. The fourth-order valence-electron chi connectivity index (χ4n) is 2.07. The Bertz CT molecular complexity index is 295. The van der Waals surface area contributed by atoms with Crippen molar-refractivity contribution in [1.29, 1.82) is 0 Å². The molecule has 82 valence electrons. The van der Waals surface area contributed by atoms with E-state index in [1.807, 2.05) is 30.3 Å². The van der Waals surface area contributed by atoms with Crippen LogP contribution in [0, 0.1) is 5.92 Å². The summed E-state index contributed by atoms with van der Waals surface area (Å²) in [6, 6.07) is 10.1. The second-order valence-electron chi connectivity index (χ2n) is 4.50. The maximum absolute atomic E-state index is 10.1. The van der Waals surface area contributed by atoms with Crippen molar-refractivity contribution in [2.75, 3.05) is 6.54 Å². The van der Waals surface area contributed by atoms with Gasteiger partial charge < -0.3 is 10.8 Å². The van der Waals surface area contributed by atoms with Gasteiger partial charge in [-0.3, -0.25) is 0 Å². The third-order valence-electron chi connectivity index (χ3n) is 3.22. The van der Waals surface area contributed by atoms with Crippen LogP contribution < -0.4 is 5.73 Å². The smallest absolute Gasteiger partial charge is 0.0623 e. The minimum absolute atomic E-state index is 0.104. The molecule has 2 unspecified atom stereocenters. The van der Waals surface area contributed by atoms with Crippen molar-refractivity contribution in [3.63, 3.8) is 0 Å². The van der Waals surface area contributed by atoms with Gasteiger partial charge in [-0.1, -0.05) is 43.2 Å². The van der Waals surface area contributed by atoms with Gasteiger partial charge in [0.2, 0.25) is 0 Å². The Kier molecular flexibility index (Phi) is 3.39. The fourth-order valence-corrected chi connectivity index (χ4v) is 2.07. The van der Waals surface area contributed by atoms with Crippen molar-refractivity contribution in [3.05, 3.63) is 35.9 Å². The average Bonchev–Trinajstić information content (AvgIpc) is 3.04. The number of nitrogens with two attached hydrogens (primary N) is 1. The molecule has 0 amide bonds. The number of hydrogen-bond donors (Lipinski definition) is 2. The summed E-state index contributed by atoms with van der Waals surface area (Å²) in [4.78, 5) is 0. The Morgan fingerprint density at radius 1 is 1.27 bits per heavy atom. The molecular formula is C13H19NO. The number of aliphatic hydroxyl groups is 1. The molecule has 0 heterocycles. The molecule has 2 atom stereocenters. The molecule has 0 aliphatic heterocycles. The molecule has 2 heteroatoms. The highest BCUT2D eigenvalue weighted by Gasteiger charge is 2.28. The normalized spacial score (nSPS) is 19.9. The van der Waals surface area contributed by atoms with E-state index in [1.54, 1.807) is 0 Å². The van der Waals surface area contributed by atoms with Crippen molar-refractivity contribution in [3.8, 4) is 0 Å². The first-order chi connectivity index (χ1) is 7.31. The van der Waals surface area contributed by atoms with Crippen LogP contribution in [0.4, 0.5) is 0 Å². The summed E-state index contributed by atoms with van der Waals surface area (Å²) in [5, 5.41) is 10.1. The number of rotatable bonds is 5. The van der Waals surface area contributed by atoms with E-state index in [2.05, 4.69) is 0 Å². The van der Waals surface area contributed by atoms with Crippen LogP contribution in [-0.2, 0) is 0 Å². The standard InChI is InChI=1S/C13H19NO/c14-9-12(11-4-2-1-3-5-11)13(15)8-10-6-7-10/h1-5,10,12-13,15H,6-9,14H2. The molecular weight excluding hydrogens is 186 g/mol. The van der Waals surface area contributed by atoms with Gasteiger partial charge in [-0.15, -0.1) is 0 Å². The van der Waals surface area contributed by atoms with Crippen LogP contribution >= 0.6 is 0 Å². The Morgan fingerprint density at radius 3 is 2.47 bits per heavy atom. The highest BCUT2D eigenvalue weighted by atomic mass is 16.3. The van der Waals surface area contributed by atoms with Crippen molar-refractivity contribution < 1.29 is 5.11 Å². The lowest BCUT2D eigenvalue weighted by atomic mass is 9.90. The largest absolute Gasteiger partial charge is 0.392 e. The third-order valence-corrected chi connectivity index (χ3v) is 3.22. The molecule has 2 nitrogen and oxygen atoms in total. The zero-order valence-corrected chi connectivity index (χ0v) is 8.97. The van der Waals surface area contributed by atoms with Gasteiger partial charge in [0.15, 0.2) is 0 Å². The molecule has 1 aliphatic rings. The molecule has 1 aliphatic carbocycles. The average molecular weight is 205 g/mol. The van der Waals surface area contributed by atoms with Gasteiger partial charge in [0, 0.05) is 12.5 Å². The van der Waals surface area contributed by atoms with Crippen LogP contribution in [0.1, 0.15) is 30.7 Å². The van der Waals surface area contributed by atoms with E-state index in [0.717, 1.165) is 17.9 Å². The fraction of sp³-hybridized carbons (Fsp3) is 0.538. The van der Waals surface area contributed by atoms with Crippen molar-refractivity contribution in [1.82, 2.24) is 0 Å². The van der Waals surface area contributed by atoms with Gasteiger partial charge in [-0.05, 0) is 17.9 Å². The van der Waals surface area contributed by atoms with Crippen LogP contribution in [0.15, 0.2) is 30.3 Å². The second-order valence-corrected chi connectivity index (χ2v) is 4.50. The maximum Gasteiger partial charge on any atom is 0.0623 e. The van der Waals surface area contributed by atoms with Crippen molar-refractivity contribution in [2.24, 2.45) is 11.7 Å². The molecule has 15 heavy (non-hydrogen) atoms. The van der Waals surface area contributed by atoms with E-state index >= 15 is 0 Å². The first-order valence-corrected chi connectivity index (χ1v) is 5.74. The van der Waals surface area contributed by atoms with Gasteiger partial charge in [0.1, 0.15) is 0 Å². The molecule has 0 spiro atoms. The Labute approximate surface area is 91.1 Å². The SMILES string of the molecule is NCC(c1ccccc1)C(O)CC1CC1. The van der Waals surface area contributed by atoms with Gasteiger partial charge in [-0.25, -0.2) is 0 Å². The predicted molar refractivity (Wildman–Crippen MR) is 61.6 cm³/mol. The lowest BCUT2D eigenvalue weighted by molar-refractivity contribution is 0.129. The number of hydrogen-bond acceptors (Lipinski definition) is 2. The van der Waals surface area contributed by atoms with Gasteiger partial charge in [0.05, 0.1) is 6.10 Å². The molecule has 1 aromatic carbocycles. The monoisotopic (exact) mass is 205 g/mol. The van der Waals surface area contributed by atoms with E-state index < -0.39 is 0 Å².